The van der Waals surface area contributed by atoms with Crippen LogP contribution in [0.3, 0.4) is 0 Å². The van der Waals surface area contributed by atoms with Gasteiger partial charge in [0.25, 0.3) is 0 Å². The second-order valence-electron chi connectivity index (χ2n) is 4.04. The molecule has 4 nitrogen and oxygen atoms in total. The van der Waals surface area contributed by atoms with Crippen molar-refractivity contribution in [2.45, 2.75) is 39.0 Å². The molecule has 2 N–H and O–H groups in total. The summed E-state index contributed by atoms with van der Waals surface area (Å²) in [6, 6.07) is 0. The molecule has 0 saturated heterocycles. The van der Waals surface area contributed by atoms with E-state index in [0.29, 0.717) is 12.2 Å². The van der Waals surface area contributed by atoms with Crippen LogP contribution in [0.5, 0.6) is 0 Å². The van der Waals surface area contributed by atoms with Crippen molar-refractivity contribution in [2.24, 2.45) is 11.8 Å². The molecule has 2 unspecified atom stereocenters. The van der Waals surface area contributed by atoms with Gasteiger partial charge in [0.1, 0.15) is 0 Å². The molecular formula is C11H20O4S. The van der Waals surface area contributed by atoms with Crippen molar-refractivity contribution in [3.63, 3.8) is 0 Å². The number of aliphatic carboxylic acids is 2. The van der Waals surface area contributed by atoms with Crippen LogP contribution in [-0.4, -0.2) is 27.9 Å². The summed E-state index contributed by atoms with van der Waals surface area (Å²) < 4.78 is 0. The molecule has 16 heavy (non-hydrogen) atoms. The maximum Gasteiger partial charge on any atom is 0.306 e. The predicted octanol–water partition coefficient (Wildman–Crippen LogP) is 2.29. The standard InChI is InChI=1S/C11H20O4S/c1-2-3-8(7-16)6-9(11(14)15)4-5-10(12)13/h8-9,16H,2-7H2,1H3,(H,12,13)(H,14,15). The van der Waals surface area contributed by atoms with Crippen LogP contribution in [0.1, 0.15) is 39.0 Å². The van der Waals surface area contributed by atoms with Crippen LogP contribution >= 0.6 is 12.6 Å². The zero-order valence-electron chi connectivity index (χ0n) is 9.56. The van der Waals surface area contributed by atoms with Gasteiger partial charge in [-0.05, 0) is 30.9 Å². The maximum atomic E-state index is 10.9. The van der Waals surface area contributed by atoms with E-state index in [1.807, 2.05) is 6.92 Å². The number of carbonyl (C=O) groups is 2. The monoisotopic (exact) mass is 248 g/mol. The lowest BCUT2D eigenvalue weighted by molar-refractivity contribution is -0.143. The highest BCUT2D eigenvalue weighted by Gasteiger charge is 2.22. The molecule has 0 bridgehead atoms. The fourth-order valence-corrected chi connectivity index (χ4v) is 2.07. The van der Waals surface area contributed by atoms with Crippen LogP contribution in [0.4, 0.5) is 0 Å². The number of hydrogen-bond donors (Lipinski definition) is 3. The Labute approximate surface area is 101 Å². The van der Waals surface area contributed by atoms with Gasteiger partial charge in [-0.3, -0.25) is 9.59 Å². The quantitative estimate of drug-likeness (QED) is 0.547. The highest BCUT2D eigenvalue weighted by molar-refractivity contribution is 7.80. The third-order valence-electron chi connectivity index (χ3n) is 2.63. The summed E-state index contributed by atoms with van der Waals surface area (Å²) in [5.74, 6) is -1.47. The Kier molecular flexibility index (Phi) is 8.07. The Balaban J connectivity index is 4.19. The minimum atomic E-state index is -0.941. The number of carboxylic acids is 2. The van der Waals surface area contributed by atoms with Gasteiger partial charge in [0.15, 0.2) is 0 Å². The van der Waals surface area contributed by atoms with Crippen molar-refractivity contribution in [1.82, 2.24) is 0 Å². The number of hydrogen-bond acceptors (Lipinski definition) is 3. The van der Waals surface area contributed by atoms with Crippen LogP contribution in [-0.2, 0) is 9.59 Å². The first-order valence-electron chi connectivity index (χ1n) is 5.56. The van der Waals surface area contributed by atoms with Gasteiger partial charge >= 0.3 is 11.9 Å². The molecule has 0 spiro atoms. The molecule has 0 aliphatic heterocycles. The summed E-state index contributed by atoms with van der Waals surface area (Å²) in [6.07, 6.45) is 2.60. The molecule has 5 heteroatoms. The molecule has 0 aromatic heterocycles. The highest BCUT2D eigenvalue weighted by atomic mass is 32.1. The van der Waals surface area contributed by atoms with Crippen molar-refractivity contribution in [3.8, 4) is 0 Å². The van der Waals surface area contributed by atoms with E-state index in [2.05, 4.69) is 12.6 Å². The van der Waals surface area contributed by atoms with E-state index < -0.39 is 17.9 Å². The van der Waals surface area contributed by atoms with E-state index in [9.17, 15) is 9.59 Å². The molecule has 0 aromatic carbocycles. The molecule has 94 valence electrons. The molecule has 0 aliphatic carbocycles. The average molecular weight is 248 g/mol. The molecule has 0 heterocycles. The Morgan fingerprint density at radius 3 is 2.25 bits per heavy atom. The smallest absolute Gasteiger partial charge is 0.306 e. The topological polar surface area (TPSA) is 74.6 Å². The van der Waals surface area contributed by atoms with Crippen LogP contribution in [0.25, 0.3) is 0 Å². The number of carboxylic acid groups (broad SMARTS) is 2. The van der Waals surface area contributed by atoms with Gasteiger partial charge in [0.2, 0.25) is 0 Å². The average Bonchev–Trinajstić information content (AvgIpc) is 2.21. The van der Waals surface area contributed by atoms with E-state index in [-0.39, 0.29) is 18.8 Å². The lowest BCUT2D eigenvalue weighted by Crippen LogP contribution is -2.20. The molecule has 0 radical (unpaired) electrons. The Bertz CT molecular complexity index is 230. The molecule has 2 atom stereocenters. The summed E-state index contributed by atoms with van der Waals surface area (Å²) in [6.45, 7) is 2.05. The zero-order chi connectivity index (χ0) is 12.6. The van der Waals surface area contributed by atoms with E-state index in [1.165, 1.54) is 0 Å². The molecule has 0 rings (SSSR count). The van der Waals surface area contributed by atoms with Gasteiger partial charge < -0.3 is 10.2 Å². The van der Waals surface area contributed by atoms with Gasteiger partial charge in [-0.25, -0.2) is 0 Å². The van der Waals surface area contributed by atoms with E-state index >= 15 is 0 Å². The van der Waals surface area contributed by atoms with Crippen LogP contribution in [0, 0.1) is 11.8 Å². The molecule has 0 saturated carbocycles. The first-order valence-corrected chi connectivity index (χ1v) is 6.19. The minimum absolute atomic E-state index is 0.0810. The van der Waals surface area contributed by atoms with Crippen LogP contribution in [0.2, 0.25) is 0 Å². The third kappa shape index (κ3) is 6.71. The van der Waals surface area contributed by atoms with E-state index in [1.54, 1.807) is 0 Å². The molecule has 0 amide bonds. The van der Waals surface area contributed by atoms with Crippen molar-refractivity contribution in [2.75, 3.05) is 5.75 Å². The fourth-order valence-electron chi connectivity index (χ4n) is 1.73. The maximum absolute atomic E-state index is 10.9. The van der Waals surface area contributed by atoms with E-state index in [0.717, 1.165) is 12.8 Å². The van der Waals surface area contributed by atoms with Gasteiger partial charge in [0.05, 0.1) is 5.92 Å². The SMILES string of the molecule is CCCC(CS)CC(CCC(=O)O)C(=O)O. The van der Waals surface area contributed by atoms with Crippen molar-refractivity contribution in [3.05, 3.63) is 0 Å². The first-order chi connectivity index (χ1) is 7.51. The molecule has 0 aromatic rings. The second kappa shape index (κ2) is 8.44. The Morgan fingerprint density at radius 2 is 1.88 bits per heavy atom. The number of rotatable bonds is 9. The summed E-state index contributed by atoms with van der Waals surface area (Å²) in [5.41, 5.74) is 0. The lowest BCUT2D eigenvalue weighted by atomic mass is 9.89. The van der Waals surface area contributed by atoms with E-state index in [4.69, 9.17) is 10.2 Å². The van der Waals surface area contributed by atoms with Crippen molar-refractivity contribution >= 4 is 24.6 Å². The highest BCUT2D eigenvalue weighted by Crippen LogP contribution is 2.22. The second-order valence-corrected chi connectivity index (χ2v) is 4.41. The largest absolute Gasteiger partial charge is 0.481 e. The van der Waals surface area contributed by atoms with Gasteiger partial charge in [-0.1, -0.05) is 13.3 Å². The Morgan fingerprint density at radius 1 is 1.25 bits per heavy atom. The first kappa shape index (κ1) is 15.3. The third-order valence-corrected chi connectivity index (χ3v) is 3.15. The van der Waals surface area contributed by atoms with Gasteiger partial charge in [-0.2, -0.15) is 12.6 Å². The Hall–Kier alpha value is -0.710. The van der Waals surface area contributed by atoms with Gasteiger partial charge in [-0.15, -0.1) is 0 Å². The molecule has 0 aliphatic rings. The van der Waals surface area contributed by atoms with Crippen LogP contribution < -0.4 is 0 Å². The predicted molar refractivity (Wildman–Crippen MR) is 64.9 cm³/mol. The minimum Gasteiger partial charge on any atom is -0.481 e. The van der Waals surface area contributed by atoms with Crippen molar-refractivity contribution in [1.29, 1.82) is 0 Å². The van der Waals surface area contributed by atoms with Crippen molar-refractivity contribution < 1.29 is 19.8 Å². The summed E-state index contributed by atoms with van der Waals surface area (Å²) in [4.78, 5) is 21.3. The van der Waals surface area contributed by atoms with Gasteiger partial charge in [0, 0.05) is 6.42 Å². The molecular weight excluding hydrogens is 228 g/mol. The summed E-state index contributed by atoms with van der Waals surface area (Å²) in [5, 5.41) is 17.5. The number of thiol groups is 1. The zero-order valence-corrected chi connectivity index (χ0v) is 10.4. The van der Waals surface area contributed by atoms with Crippen LogP contribution in [0.15, 0.2) is 0 Å². The normalized spacial score (nSPS) is 14.4. The lowest BCUT2D eigenvalue weighted by Gasteiger charge is -2.18. The molecule has 0 fully saturated rings. The fraction of sp³-hybridized carbons (Fsp3) is 0.818. The summed E-state index contributed by atoms with van der Waals surface area (Å²) in [7, 11) is 0. The summed E-state index contributed by atoms with van der Waals surface area (Å²) >= 11 is 4.19.